The van der Waals surface area contributed by atoms with Gasteiger partial charge in [0.05, 0.1) is 0 Å². The summed E-state index contributed by atoms with van der Waals surface area (Å²) in [6, 6.07) is 0.598. The Kier molecular flexibility index (Phi) is 4.27. The average Bonchev–Trinajstić information content (AvgIpc) is 2.71. The van der Waals surface area contributed by atoms with Crippen LogP contribution < -0.4 is 0 Å². The first-order valence-corrected chi connectivity index (χ1v) is 8.46. The van der Waals surface area contributed by atoms with Gasteiger partial charge < -0.3 is 9.55 Å². The van der Waals surface area contributed by atoms with Crippen molar-refractivity contribution < 1.29 is 0 Å². The van der Waals surface area contributed by atoms with Gasteiger partial charge >= 0.3 is 0 Å². The molecule has 4 heteroatoms. The molecule has 0 saturated heterocycles. The van der Waals surface area contributed by atoms with Crippen molar-refractivity contribution in [2.45, 2.75) is 63.2 Å². The van der Waals surface area contributed by atoms with Gasteiger partial charge in [-0.25, -0.2) is 0 Å². The van der Waals surface area contributed by atoms with Crippen molar-refractivity contribution in [3.05, 3.63) is 16.7 Å². The van der Waals surface area contributed by atoms with Crippen LogP contribution in [-0.4, -0.2) is 21.1 Å². The minimum atomic E-state index is 0.157. The molecule has 1 aliphatic rings. The lowest BCUT2D eigenvalue weighted by molar-refractivity contribution is 0.337. The van der Waals surface area contributed by atoms with Gasteiger partial charge in [0.25, 0.3) is 0 Å². The van der Waals surface area contributed by atoms with Crippen LogP contribution in [0.5, 0.6) is 0 Å². The highest BCUT2D eigenvalue weighted by atomic mass is 32.2. The predicted octanol–water partition coefficient (Wildman–Crippen LogP) is 4.69. The van der Waals surface area contributed by atoms with Crippen molar-refractivity contribution in [1.29, 1.82) is 0 Å². The Bertz CT molecular complexity index is 445. The number of nitrogens with one attached hydrogen (secondary N) is 1. The standard InChI is InChI=1S/C14H24N2S2/c1-14(2,3)12-9-15-13(17)16(12)10-5-7-11(18-4)8-6-10/h9-11H,5-8H2,1-4H3,(H,15,17). The van der Waals surface area contributed by atoms with Crippen LogP contribution in [0.2, 0.25) is 0 Å². The molecule has 0 amide bonds. The summed E-state index contributed by atoms with van der Waals surface area (Å²) in [5.74, 6) is 0. The van der Waals surface area contributed by atoms with E-state index in [4.69, 9.17) is 12.2 Å². The lowest BCUT2D eigenvalue weighted by atomic mass is 9.90. The number of aromatic amines is 1. The fourth-order valence-corrected chi connectivity index (χ4v) is 3.91. The first kappa shape index (κ1) is 14.2. The monoisotopic (exact) mass is 284 g/mol. The summed E-state index contributed by atoms with van der Waals surface area (Å²) in [5.41, 5.74) is 1.50. The lowest BCUT2D eigenvalue weighted by Crippen LogP contribution is -2.25. The molecule has 1 N–H and O–H groups in total. The third kappa shape index (κ3) is 2.85. The Morgan fingerprint density at radius 3 is 2.39 bits per heavy atom. The highest BCUT2D eigenvalue weighted by Crippen LogP contribution is 2.36. The third-order valence-electron chi connectivity index (χ3n) is 3.92. The number of aromatic nitrogens is 2. The average molecular weight is 284 g/mol. The van der Waals surface area contributed by atoms with Gasteiger partial charge in [-0.15, -0.1) is 0 Å². The van der Waals surface area contributed by atoms with Crippen LogP contribution >= 0.6 is 24.0 Å². The second-order valence-electron chi connectivity index (χ2n) is 6.27. The van der Waals surface area contributed by atoms with E-state index in [0.717, 1.165) is 10.0 Å². The van der Waals surface area contributed by atoms with Gasteiger partial charge in [-0.2, -0.15) is 11.8 Å². The molecule has 1 aliphatic carbocycles. The number of rotatable bonds is 2. The first-order chi connectivity index (χ1) is 8.43. The maximum absolute atomic E-state index is 5.48. The van der Waals surface area contributed by atoms with E-state index in [0.29, 0.717) is 6.04 Å². The van der Waals surface area contributed by atoms with E-state index in [1.165, 1.54) is 31.4 Å². The normalized spacial score (nSPS) is 25.3. The summed E-state index contributed by atoms with van der Waals surface area (Å²) < 4.78 is 3.28. The Hall–Kier alpha value is -0.220. The minimum Gasteiger partial charge on any atom is -0.337 e. The molecule has 18 heavy (non-hydrogen) atoms. The third-order valence-corrected chi connectivity index (χ3v) is 5.37. The SMILES string of the molecule is CSC1CCC(n2c(C(C)(C)C)c[nH]c2=S)CC1. The van der Waals surface area contributed by atoms with E-state index >= 15 is 0 Å². The van der Waals surface area contributed by atoms with Crippen LogP contribution in [0.4, 0.5) is 0 Å². The molecule has 1 fully saturated rings. The van der Waals surface area contributed by atoms with Crippen molar-refractivity contribution in [3.8, 4) is 0 Å². The summed E-state index contributed by atoms with van der Waals surface area (Å²) in [7, 11) is 0. The molecular formula is C14H24N2S2. The summed E-state index contributed by atoms with van der Waals surface area (Å²) in [5, 5.41) is 0.854. The fourth-order valence-electron chi connectivity index (χ4n) is 2.86. The number of H-pyrrole nitrogens is 1. The number of hydrogen-bond donors (Lipinski definition) is 1. The van der Waals surface area contributed by atoms with Crippen molar-refractivity contribution >= 4 is 24.0 Å². The van der Waals surface area contributed by atoms with Gasteiger partial charge in [0.15, 0.2) is 4.77 Å². The fraction of sp³-hybridized carbons (Fsp3) is 0.786. The van der Waals surface area contributed by atoms with E-state index in [2.05, 4.69) is 42.8 Å². The highest BCUT2D eigenvalue weighted by Gasteiger charge is 2.27. The number of nitrogens with zero attached hydrogens (tertiary/aromatic N) is 1. The van der Waals surface area contributed by atoms with Crippen molar-refractivity contribution in [3.63, 3.8) is 0 Å². The molecule has 2 nitrogen and oxygen atoms in total. The Balaban J connectivity index is 2.24. The van der Waals surface area contributed by atoms with Crippen LogP contribution in [0.3, 0.4) is 0 Å². The molecule has 1 saturated carbocycles. The predicted molar refractivity (Wildman–Crippen MR) is 83.1 cm³/mol. The highest BCUT2D eigenvalue weighted by molar-refractivity contribution is 7.99. The van der Waals surface area contributed by atoms with E-state index in [1.54, 1.807) is 0 Å². The molecule has 2 rings (SSSR count). The van der Waals surface area contributed by atoms with E-state index in [-0.39, 0.29) is 5.41 Å². The van der Waals surface area contributed by atoms with E-state index < -0.39 is 0 Å². The smallest absolute Gasteiger partial charge is 0.177 e. The Labute approximate surface area is 120 Å². The van der Waals surface area contributed by atoms with Crippen LogP contribution in [0.25, 0.3) is 0 Å². The van der Waals surface area contributed by atoms with Gasteiger partial charge in [0.1, 0.15) is 0 Å². The molecule has 102 valence electrons. The molecule has 0 bridgehead atoms. The molecule has 0 unspecified atom stereocenters. The molecule has 1 aromatic heterocycles. The molecule has 1 heterocycles. The molecule has 0 aromatic carbocycles. The number of imidazole rings is 1. The van der Waals surface area contributed by atoms with E-state index in [1.807, 2.05) is 11.8 Å². The summed E-state index contributed by atoms with van der Waals surface area (Å²) in [4.78, 5) is 3.24. The van der Waals surface area contributed by atoms with Crippen molar-refractivity contribution in [1.82, 2.24) is 9.55 Å². The first-order valence-electron chi connectivity index (χ1n) is 6.76. The maximum atomic E-state index is 5.48. The topological polar surface area (TPSA) is 20.7 Å². The van der Waals surface area contributed by atoms with Gasteiger partial charge in [0, 0.05) is 28.6 Å². The molecule has 0 atom stereocenters. The van der Waals surface area contributed by atoms with Gasteiger partial charge in [-0.1, -0.05) is 20.8 Å². The van der Waals surface area contributed by atoms with Crippen LogP contribution in [0.15, 0.2) is 6.20 Å². The van der Waals surface area contributed by atoms with Crippen molar-refractivity contribution in [2.75, 3.05) is 6.26 Å². The Morgan fingerprint density at radius 2 is 1.89 bits per heavy atom. The number of thioether (sulfide) groups is 1. The second-order valence-corrected chi connectivity index (χ2v) is 7.79. The van der Waals surface area contributed by atoms with Crippen LogP contribution in [0.1, 0.15) is 58.2 Å². The minimum absolute atomic E-state index is 0.157. The summed E-state index contributed by atoms with van der Waals surface area (Å²) in [6.45, 7) is 6.78. The summed E-state index contributed by atoms with van der Waals surface area (Å²) in [6.07, 6.45) is 9.50. The molecule has 0 aliphatic heterocycles. The largest absolute Gasteiger partial charge is 0.337 e. The zero-order valence-corrected chi connectivity index (χ0v) is 13.5. The lowest BCUT2D eigenvalue weighted by Gasteiger charge is -2.32. The van der Waals surface area contributed by atoms with E-state index in [9.17, 15) is 0 Å². The molecule has 1 aromatic rings. The van der Waals surface area contributed by atoms with Gasteiger partial charge in [-0.3, -0.25) is 0 Å². The molecule has 0 spiro atoms. The second kappa shape index (κ2) is 5.41. The maximum Gasteiger partial charge on any atom is 0.177 e. The number of hydrogen-bond acceptors (Lipinski definition) is 2. The zero-order chi connectivity index (χ0) is 13.3. The molecular weight excluding hydrogens is 260 g/mol. The van der Waals surface area contributed by atoms with Crippen molar-refractivity contribution in [2.24, 2.45) is 0 Å². The Morgan fingerprint density at radius 1 is 1.28 bits per heavy atom. The van der Waals surface area contributed by atoms with Gasteiger partial charge in [0.2, 0.25) is 0 Å². The zero-order valence-electron chi connectivity index (χ0n) is 11.8. The quantitative estimate of drug-likeness (QED) is 0.795. The molecule has 0 radical (unpaired) electrons. The summed E-state index contributed by atoms with van der Waals surface area (Å²) >= 11 is 7.50. The van der Waals surface area contributed by atoms with Crippen LogP contribution in [0, 0.1) is 4.77 Å². The van der Waals surface area contributed by atoms with Crippen LogP contribution in [-0.2, 0) is 5.41 Å². The van der Waals surface area contributed by atoms with Gasteiger partial charge in [-0.05, 0) is 44.2 Å².